The van der Waals surface area contributed by atoms with Crippen LogP contribution in [0.25, 0.3) is 0 Å². The first kappa shape index (κ1) is 17.7. The predicted molar refractivity (Wildman–Crippen MR) is 75.9 cm³/mol. The highest BCUT2D eigenvalue weighted by molar-refractivity contribution is 7.91. The summed E-state index contributed by atoms with van der Waals surface area (Å²) in [6.07, 6.45) is -0.368. The molecule has 2 amide bonds. The van der Waals surface area contributed by atoms with Crippen LogP contribution in [0.3, 0.4) is 0 Å². The van der Waals surface area contributed by atoms with Crippen molar-refractivity contribution in [2.24, 2.45) is 0 Å². The molecule has 1 unspecified atom stereocenters. The molecule has 1 rings (SSSR count). The number of nitrogens with zero attached hydrogens (tertiary/aromatic N) is 2. The minimum atomic E-state index is -3.29. The van der Waals surface area contributed by atoms with Gasteiger partial charge in [0.1, 0.15) is 0 Å². The Kier molecular flexibility index (Phi) is 6.41. The van der Waals surface area contributed by atoms with Gasteiger partial charge in [-0.05, 0) is 6.92 Å². The molecule has 1 heterocycles. The van der Waals surface area contributed by atoms with E-state index in [1.807, 2.05) is 0 Å². The molecule has 1 atom stereocenters. The van der Waals surface area contributed by atoms with Crippen molar-refractivity contribution in [1.82, 2.24) is 9.80 Å². The fourth-order valence-corrected chi connectivity index (χ4v) is 3.81. The van der Waals surface area contributed by atoms with Gasteiger partial charge in [-0.1, -0.05) is 0 Å². The monoisotopic (exact) mass is 322 g/mol. The van der Waals surface area contributed by atoms with Gasteiger partial charge in [0.05, 0.1) is 30.6 Å². The van der Waals surface area contributed by atoms with Gasteiger partial charge in [0, 0.05) is 26.7 Å². The first-order valence-corrected chi connectivity index (χ1v) is 8.59. The topological polar surface area (TPSA) is 104 Å². The van der Waals surface area contributed by atoms with Crippen LogP contribution in [-0.4, -0.2) is 86.2 Å². The molecule has 0 aromatic rings. The lowest BCUT2D eigenvalue weighted by molar-refractivity contribution is -0.138. The molecule has 0 bridgehead atoms. The summed E-state index contributed by atoms with van der Waals surface area (Å²) in [5.41, 5.74) is 0. The molecule has 1 fully saturated rings. The summed E-state index contributed by atoms with van der Waals surface area (Å²) in [5.74, 6) is -1.54. The van der Waals surface area contributed by atoms with E-state index in [0.29, 0.717) is 19.7 Å². The maximum absolute atomic E-state index is 12.4. The molecule has 0 aromatic carbocycles. The lowest BCUT2D eigenvalue weighted by atomic mass is 10.2. The van der Waals surface area contributed by atoms with E-state index in [1.54, 1.807) is 6.92 Å². The summed E-state index contributed by atoms with van der Waals surface area (Å²) in [7, 11) is -1.77. The van der Waals surface area contributed by atoms with Gasteiger partial charge in [0.2, 0.25) is 0 Å². The van der Waals surface area contributed by atoms with Crippen LogP contribution in [0.1, 0.15) is 13.3 Å². The van der Waals surface area contributed by atoms with Crippen LogP contribution in [-0.2, 0) is 19.4 Å². The zero-order chi connectivity index (χ0) is 16.0. The molecule has 9 heteroatoms. The van der Waals surface area contributed by atoms with Crippen molar-refractivity contribution in [3.05, 3.63) is 0 Å². The minimum absolute atomic E-state index is 0.0304. The predicted octanol–water partition coefficient (Wildman–Crippen LogP) is -0.352. The van der Waals surface area contributed by atoms with E-state index in [1.165, 1.54) is 16.9 Å². The maximum Gasteiger partial charge on any atom is 0.320 e. The Morgan fingerprint density at radius 3 is 2.62 bits per heavy atom. The average molecular weight is 322 g/mol. The van der Waals surface area contributed by atoms with Crippen molar-refractivity contribution in [3.63, 3.8) is 0 Å². The summed E-state index contributed by atoms with van der Waals surface area (Å²) in [6, 6.07) is -1.15. The van der Waals surface area contributed by atoms with E-state index in [2.05, 4.69) is 0 Å². The van der Waals surface area contributed by atoms with Gasteiger partial charge in [-0.2, -0.15) is 0 Å². The SMILES string of the molecule is CCN(CCOC)C(=O)N1CCS(=O)(=O)CC1CC(=O)O. The Morgan fingerprint density at radius 1 is 1.43 bits per heavy atom. The number of carbonyl (C=O) groups excluding carboxylic acids is 1. The van der Waals surface area contributed by atoms with Crippen molar-refractivity contribution in [2.75, 3.05) is 44.9 Å². The third-order valence-corrected chi connectivity index (χ3v) is 5.10. The van der Waals surface area contributed by atoms with Crippen LogP contribution in [0.5, 0.6) is 0 Å². The third kappa shape index (κ3) is 5.16. The summed E-state index contributed by atoms with van der Waals surface area (Å²) < 4.78 is 28.2. The molecule has 1 saturated heterocycles. The normalized spacial score (nSPS) is 21.0. The molecule has 122 valence electrons. The van der Waals surface area contributed by atoms with Gasteiger partial charge in [-0.3, -0.25) is 4.79 Å². The number of hydrogen-bond donors (Lipinski definition) is 1. The highest BCUT2D eigenvalue weighted by atomic mass is 32.2. The number of hydrogen-bond acceptors (Lipinski definition) is 5. The van der Waals surface area contributed by atoms with E-state index in [9.17, 15) is 18.0 Å². The van der Waals surface area contributed by atoms with Gasteiger partial charge in [-0.15, -0.1) is 0 Å². The Hall–Kier alpha value is -1.35. The number of aliphatic carboxylic acids is 1. The number of carbonyl (C=O) groups is 2. The number of methoxy groups -OCH3 is 1. The standard InChI is InChI=1S/C12H22N2O6S/c1-3-13(4-6-20-2)12(17)14-5-7-21(18,19)9-10(14)8-11(15)16/h10H,3-9H2,1-2H3,(H,15,16). The smallest absolute Gasteiger partial charge is 0.320 e. The molecule has 21 heavy (non-hydrogen) atoms. The molecule has 0 aromatic heterocycles. The first-order valence-electron chi connectivity index (χ1n) is 6.77. The highest BCUT2D eigenvalue weighted by Crippen LogP contribution is 2.17. The fourth-order valence-electron chi connectivity index (χ4n) is 2.28. The average Bonchev–Trinajstić information content (AvgIpc) is 2.37. The van der Waals surface area contributed by atoms with Crippen molar-refractivity contribution in [3.8, 4) is 0 Å². The summed E-state index contributed by atoms with van der Waals surface area (Å²) in [5, 5.41) is 8.91. The van der Waals surface area contributed by atoms with Crippen LogP contribution in [0.4, 0.5) is 4.79 Å². The summed E-state index contributed by atoms with van der Waals surface area (Å²) in [6.45, 7) is 3.04. The van der Waals surface area contributed by atoms with Gasteiger partial charge in [0.15, 0.2) is 9.84 Å². The third-order valence-electron chi connectivity index (χ3n) is 3.40. The molecule has 0 saturated carbocycles. The van der Waals surface area contributed by atoms with Gasteiger partial charge < -0.3 is 19.6 Å². The Bertz CT molecular complexity index is 478. The van der Waals surface area contributed by atoms with Crippen molar-refractivity contribution in [2.45, 2.75) is 19.4 Å². The second kappa shape index (κ2) is 7.60. The number of carboxylic acids is 1. The van der Waals surface area contributed by atoms with Crippen LogP contribution >= 0.6 is 0 Å². The van der Waals surface area contributed by atoms with E-state index in [4.69, 9.17) is 9.84 Å². The van der Waals surface area contributed by atoms with E-state index in [0.717, 1.165) is 0 Å². The lowest BCUT2D eigenvalue weighted by Gasteiger charge is -2.38. The van der Waals surface area contributed by atoms with Gasteiger partial charge >= 0.3 is 12.0 Å². The first-order chi connectivity index (χ1) is 9.80. The second-order valence-corrected chi connectivity index (χ2v) is 7.14. The number of likely N-dealkylation sites (N-methyl/N-ethyl adjacent to an activating group) is 1. The van der Waals surface area contributed by atoms with Crippen LogP contribution < -0.4 is 0 Å². The molecule has 0 radical (unpaired) electrons. The van der Waals surface area contributed by atoms with Crippen LogP contribution in [0, 0.1) is 0 Å². The van der Waals surface area contributed by atoms with Gasteiger partial charge in [0.25, 0.3) is 0 Å². The number of carboxylic acid groups (broad SMARTS) is 1. The molecule has 0 spiro atoms. The van der Waals surface area contributed by atoms with Crippen LogP contribution in [0.15, 0.2) is 0 Å². The zero-order valence-corrected chi connectivity index (χ0v) is 13.1. The quantitative estimate of drug-likeness (QED) is 0.716. The number of urea groups is 1. The summed E-state index contributed by atoms with van der Waals surface area (Å²) in [4.78, 5) is 26.2. The van der Waals surface area contributed by atoms with Crippen molar-refractivity contribution < 1.29 is 27.9 Å². The lowest BCUT2D eigenvalue weighted by Crippen LogP contribution is -2.56. The number of amides is 2. The largest absolute Gasteiger partial charge is 0.481 e. The van der Waals surface area contributed by atoms with Gasteiger partial charge in [-0.25, -0.2) is 13.2 Å². The second-order valence-electron chi connectivity index (χ2n) is 4.91. The molecule has 1 aliphatic rings. The van der Waals surface area contributed by atoms with E-state index < -0.39 is 21.8 Å². The summed E-state index contributed by atoms with van der Waals surface area (Å²) >= 11 is 0. The number of sulfone groups is 1. The molecular formula is C12H22N2O6S. The molecule has 1 N–H and O–H groups in total. The zero-order valence-electron chi connectivity index (χ0n) is 12.3. The fraction of sp³-hybridized carbons (Fsp3) is 0.833. The molecule has 1 aliphatic heterocycles. The Morgan fingerprint density at radius 2 is 2.10 bits per heavy atom. The molecule has 8 nitrogen and oxygen atoms in total. The number of ether oxygens (including phenoxy) is 1. The Labute approximate surface area is 124 Å². The van der Waals surface area contributed by atoms with E-state index in [-0.39, 0.29) is 30.5 Å². The van der Waals surface area contributed by atoms with Crippen LogP contribution in [0.2, 0.25) is 0 Å². The Balaban J connectivity index is 2.85. The molecular weight excluding hydrogens is 300 g/mol. The minimum Gasteiger partial charge on any atom is -0.481 e. The van der Waals surface area contributed by atoms with Crippen molar-refractivity contribution in [1.29, 1.82) is 0 Å². The van der Waals surface area contributed by atoms with Crippen molar-refractivity contribution >= 4 is 21.8 Å². The highest BCUT2D eigenvalue weighted by Gasteiger charge is 2.36. The van der Waals surface area contributed by atoms with E-state index >= 15 is 0 Å². The number of rotatable bonds is 6. The maximum atomic E-state index is 12.4. The molecule has 0 aliphatic carbocycles.